The van der Waals surface area contributed by atoms with E-state index < -0.39 is 0 Å². The third-order valence-electron chi connectivity index (χ3n) is 7.10. The topological polar surface area (TPSA) is 55.2 Å². The SMILES string of the molecule is CCc1cc(F)c2nc(N3CCCC(NC[C@H]4CCCO4)C3)c(-c3ccn(C)n3)c(C)c2c1. The molecule has 3 aromatic rings. The van der Waals surface area contributed by atoms with Gasteiger partial charge in [-0.05, 0) is 68.4 Å². The number of pyridine rings is 1. The number of hydrogen-bond acceptors (Lipinski definition) is 5. The van der Waals surface area contributed by atoms with Crippen molar-refractivity contribution in [1.29, 1.82) is 0 Å². The molecule has 176 valence electrons. The molecule has 6 nitrogen and oxygen atoms in total. The number of aryl methyl sites for hydroxylation is 3. The number of ether oxygens (including phenoxy) is 1. The number of nitrogens with zero attached hydrogens (tertiary/aromatic N) is 4. The number of anilines is 1. The average molecular weight is 452 g/mol. The van der Waals surface area contributed by atoms with Gasteiger partial charge >= 0.3 is 0 Å². The van der Waals surface area contributed by atoms with E-state index in [0.717, 1.165) is 91.9 Å². The van der Waals surface area contributed by atoms with Crippen LogP contribution >= 0.6 is 0 Å². The van der Waals surface area contributed by atoms with E-state index in [4.69, 9.17) is 14.8 Å². The van der Waals surface area contributed by atoms with Gasteiger partial charge in [0.05, 0.1) is 11.8 Å². The second-order valence-electron chi connectivity index (χ2n) is 9.47. The summed E-state index contributed by atoms with van der Waals surface area (Å²) in [4.78, 5) is 7.26. The van der Waals surface area contributed by atoms with Crippen LogP contribution in [-0.2, 0) is 18.2 Å². The number of rotatable bonds is 6. The van der Waals surface area contributed by atoms with Crippen LogP contribution in [0, 0.1) is 12.7 Å². The van der Waals surface area contributed by atoms with Crippen LogP contribution in [0.15, 0.2) is 24.4 Å². The number of fused-ring (bicyclic) bond motifs is 1. The van der Waals surface area contributed by atoms with E-state index in [9.17, 15) is 0 Å². The van der Waals surface area contributed by atoms with Crippen molar-refractivity contribution in [2.45, 2.75) is 58.1 Å². The maximum Gasteiger partial charge on any atom is 0.149 e. The van der Waals surface area contributed by atoms with E-state index in [0.29, 0.717) is 17.7 Å². The molecule has 2 fully saturated rings. The molecule has 1 N–H and O–H groups in total. The summed E-state index contributed by atoms with van der Waals surface area (Å²) in [7, 11) is 1.92. The van der Waals surface area contributed by atoms with Crippen molar-refractivity contribution < 1.29 is 9.13 Å². The molecule has 7 heteroatoms. The first kappa shape index (κ1) is 22.3. The summed E-state index contributed by atoms with van der Waals surface area (Å²) in [6.45, 7) is 7.65. The summed E-state index contributed by atoms with van der Waals surface area (Å²) in [6, 6.07) is 6.10. The Morgan fingerprint density at radius 3 is 2.85 bits per heavy atom. The summed E-state index contributed by atoms with van der Waals surface area (Å²) in [5, 5.41) is 9.29. The van der Waals surface area contributed by atoms with Crippen LogP contribution in [0.2, 0.25) is 0 Å². The van der Waals surface area contributed by atoms with Gasteiger partial charge in [0.1, 0.15) is 17.2 Å². The van der Waals surface area contributed by atoms with Crippen LogP contribution in [0.5, 0.6) is 0 Å². The maximum atomic E-state index is 15.1. The molecule has 2 aliphatic heterocycles. The van der Waals surface area contributed by atoms with Crippen LogP contribution in [0.4, 0.5) is 10.2 Å². The molecule has 1 aromatic carbocycles. The highest BCUT2D eigenvalue weighted by Gasteiger charge is 2.27. The first-order valence-electron chi connectivity index (χ1n) is 12.3. The van der Waals surface area contributed by atoms with Gasteiger partial charge in [-0.1, -0.05) is 6.92 Å². The zero-order valence-corrected chi connectivity index (χ0v) is 19.9. The summed E-state index contributed by atoms with van der Waals surface area (Å²) >= 11 is 0. The van der Waals surface area contributed by atoms with Crippen LogP contribution in [0.3, 0.4) is 0 Å². The minimum absolute atomic E-state index is 0.244. The number of benzene rings is 1. The van der Waals surface area contributed by atoms with Crippen molar-refractivity contribution in [2.24, 2.45) is 7.05 Å². The Kier molecular flexibility index (Phi) is 6.34. The molecule has 1 unspecified atom stereocenters. The van der Waals surface area contributed by atoms with E-state index in [1.54, 1.807) is 6.07 Å². The Bertz CT molecular complexity index is 1140. The second-order valence-corrected chi connectivity index (χ2v) is 9.47. The van der Waals surface area contributed by atoms with E-state index in [1.807, 2.05) is 24.0 Å². The van der Waals surface area contributed by atoms with Crippen molar-refractivity contribution in [1.82, 2.24) is 20.1 Å². The van der Waals surface area contributed by atoms with Gasteiger partial charge in [-0.15, -0.1) is 0 Å². The Hall–Kier alpha value is -2.51. The van der Waals surface area contributed by atoms with E-state index in [-0.39, 0.29) is 5.82 Å². The van der Waals surface area contributed by atoms with Crippen molar-refractivity contribution in [3.8, 4) is 11.3 Å². The molecule has 2 aromatic heterocycles. The normalized spacial score (nSPS) is 21.3. The van der Waals surface area contributed by atoms with Gasteiger partial charge in [0.25, 0.3) is 0 Å². The minimum Gasteiger partial charge on any atom is -0.377 e. The fraction of sp³-hybridized carbons (Fsp3) is 0.538. The molecule has 2 aliphatic rings. The zero-order valence-electron chi connectivity index (χ0n) is 19.9. The first-order valence-corrected chi connectivity index (χ1v) is 12.3. The lowest BCUT2D eigenvalue weighted by atomic mass is 9.97. The lowest BCUT2D eigenvalue weighted by Gasteiger charge is -2.36. The van der Waals surface area contributed by atoms with Crippen LogP contribution in [0.1, 0.15) is 43.7 Å². The summed E-state index contributed by atoms with van der Waals surface area (Å²) in [5.74, 6) is 0.594. The van der Waals surface area contributed by atoms with Gasteiger partial charge in [-0.25, -0.2) is 9.37 Å². The van der Waals surface area contributed by atoms with E-state index in [1.165, 1.54) is 0 Å². The molecule has 0 aliphatic carbocycles. The Morgan fingerprint density at radius 1 is 1.24 bits per heavy atom. The smallest absolute Gasteiger partial charge is 0.149 e. The number of halogens is 1. The van der Waals surface area contributed by atoms with E-state index in [2.05, 4.69) is 30.1 Å². The summed E-state index contributed by atoms with van der Waals surface area (Å²) in [5.41, 5.74) is 4.37. The molecule has 5 rings (SSSR count). The average Bonchev–Trinajstić information content (AvgIpc) is 3.50. The molecule has 0 radical (unpaired) electrons. The number of piperidine rings is 1. The lowest BCUT2D eigenvalue weighted by Crippen LogP contribution is -2.48. The van der Waals surface area contributed by atoms with Crippen LogP contribution in [0.25, 0.3) is 22.2 Å². The summed E-state index contributed by atoms with van der Waals surface area (Å²) < 4.78 is 22.7. The summed E-state index contributed by atoms with van der Waals surface area (Å²) in [6.07, 6.45) is 7.56. The number of aromatic nitrogens is 3. The van der Waals surface area contributed by atoms with Crippen molar-refractivity contribution in [3.05, 3.63) is 41.3 Å². The van der Waals surface area contributed by atoms with Gasteiger partial charge in [-0.2, -0.15) is 5.10 Å². The molecule has 0 bridgehead atoms. The first-order chi connectivity index (χ1) is 16.0. The van der Waals surface area contributed by atoms with Gasteiger partial charge < -0.3 is 15.0 Å². The van der Waals surface area contributed by atoms with E-state index >= 15 is 4.39 Å². The van der Waals surface area contributed by atoms with Crippen molar-refractivity contribution in [3.63, 3.8) is 0 Å². The standard InChI is InChI=1S/C26H34FN5O/c1-4-18-13-21-17(2)24(23-9-11-31(3)30-23)26(29-25(21)22(27)14-18)32-10-5-7-19(16-32)28-15-20-8-6-12-33-20/h9,11,13-14,19-20,28H,4-8,10,12,15-16H2,1-3H3/t19?,20-/m1/s1. The predicted molar refractivity (Wildman–Crippen MR) is 130 cm³/mol. The molecule has 2 atom stereocenters. The maximum absolute atomic E-state index is 15.1. The highest BCUT2D eigenvalue weighted by Crippen LogP contribution is 2.38. The van der Waals surface area contributed by atoms with Gasteiger partial charge in [0.2, 0.25) is 0 Å². The van der Waals surface area contributed by atoms with Gasteiger partial charge in [-0.3, -0.25) is 4.68 Å². The van der Waals surface area contributed by atoms with Crippen molar-refractivity contribution in [2.75, 3.05) is 31.1 Å². The van der Waals surface area contributed by atoms with Gasteiger partial charge in [0.15, 0.2) is 0 Å². The highest BCUT2D eigenvalue weighted by molar-refractivity contribution is 5.94. The lowest BCUT2D eigenvalue weighted by molar-refractivity contribution is 0.107. The fourth-order valence-corrected chi connectivity index (χ4v) is 5.25. The molecule has 2 saturated heterocycles. The molecule has 4 heterocycles. The molecular weight excluding hydrogens is 417 g/mol. The zero-order chi connectivity index (χ0) is 22.9. The predicted octanol–water partition coefficient (Wildman–Crippen LogP) is 4.38. The molecule has 0 amide bonds. The van der Waals surface area contributed by atoms with Crippen LogP contribution < -0.4 is 10.2 Å². The quantitative estimate of drug-likeness (QED) is 0.603. The molecular formula is C26H34FN5O. The minimum atomic E-state index is -0.244. The Balaban J connectivity index is 1.53. The third-order valence-corrected chi connectivity index (χ3v) is 7.10. The second kappa shape index (κ2) is 9.39. The highest BCUT2D eigenvalue weighted by atomic mass is 19.1. The van der Waals surface area contributed by atoms with Gasteiger partial charge in [0, 0.05) is 56.5 Å². The number of hydrogen-bond donors (Lipinski definition) is 1. The number of nitrogens with one attached hydrogen (secondary N) is 1. The fourth-order valence-electron chi connectivity index (χ4n) is 5.25. The largest absolute Gasteiger partial charge is 0.377 e. The molecule has 0 spiro atoms. The third kappa shape index (κ3) is 4.49. The molecule has 0 saturated carbocycles. The molecule has 33 heavy (non-hydrogen) atoms. The Morgan fingerprint density at radius 2 is 2.12 bits per heavy atom. The monoisotopic (exact) mass is 451 g/mol. The van der Waals surface area contributed by atoms with Crippen LogP contribution in [-0.4, -0.2) is 53.2 Å². The van der Waals surface area contributed by atoms with Crippen molar-refractivity contribution >= 4 is 16.7 Å². The Labute approximate surface area is 195 Å².